The Morgan fingerprint density at radius 2 is 1.90 bits per heavy atom. The summed E-state index contributed by atoms with van der Waals surface area (Å²) >= 11 is 0. The van der Waals surface area contributed by atoms with Gasteiger partial charge in [-0.3, -0.25) is 4.79 Å². The average Bonchev–Trinajstić information content (AvgIpc) is 2.46. The molecular formula is C16H30N2O3. The molecule has 0 aromatic carbocycles. The van der Waals surface area contributed by atoms with Gasteiger partial charge in [0.1, 0.15) is 0 Å². The first-order valence-corrected chi connectivity index (χ1v) is 8.18. The standard InChI is InChI=1S/C16H30N2O3/c1-5-14(6-2)18(10-12(3)4)16(21)17-9-7-8-13(11-17)15(19)20/h12-14H,5-11H2,1-4H3,(H,19,20)/t13-/m0/s1. The SMILES string of the molecule is CCC(CC)N(CC(C)C)C(=O)N1CCC[C@H](C(=O)O)C1. The van der Waals surface area contributed by atoms with Crippen LogP contribution in [0.3, 0.4) is 0 Å². The summed E-state index contributed by atoms with van der Waals surface area (Å²) in [5.41, 5.74) is 0. The maximum Gasteiger partial charge on any atom is 0.320 e. The Labute approximate surface area is 128 Å². The number of amides is 2. The van der Waals surface area contributed by atoms with Crippen LogP contribution in [0.4, 0.5) is 4.79 Å². The molecule has 1 N–H and O–H groups in total. The van der Waals surface area contributed by atoms with Gasteiger partial charge in [0.25, 0.3) is 0 Å². The minimum Gasteiger partial charge on any atom is -0.481 e. The first-order chi connectivity index (χ1) is 9.90. The first kappa shape index (κ1) is 17.8. The highest BCUT2D eigenvalue weighted by atomic mass is 16.4. The van der Waals surface area contributed by atoms with E-state index >= 15 is 0 Å². The highest BCUT2D eigenvalue weighted by Gasteiger charge is 2.32. The molecule has 2 amide bonds. The van der Waals surface area contributed by atoms with Crippen LogP contribution in [-0.4, -0.2) is 52.6 Å². The lowest BCUT2D eigenvalue weighted by Gasteiger charge is -2.39. The molecule has 1 heterocycles. The molecule has 122 valence electrons. The first-order valence-electron chi connectivity index (χ1n) is 8.18. The summed E-state index contributed by atoms with van der Waals surface area (Å²) in [6, 6.07) is 0.258. The number of urea groups is 1. The van der Waals surface area contributed by atoms with Crippen molar-refractivity contribution >= 4 is 12.0 Å². The Bertz CT molecular complexity index is 353. The molecular weight excluding hydrogens is 268 g/mol. The molecule has 5 nitrogen and oxygen atoms in total. The molecule has 0 saturated carbocycles. The Morgan fingerprint density at radius 1 is 1.29 bits per heavy atom. The van der Waals surface area contributed by atoms with Crippen LogP contribution in [-0.2, 0) is 4.79 Å². The second kappa shape index (κ2) is 8.25. The van der Waals surface area contributed by atoms with Crippen LogP contribution in [0, 0.1) is 11.8 Å². The third-order valence-electron chi connectivity index (χ3n) is 4.23. The number of likely N-dealkylation sites (tertiary alicyclic amines) is 1. The van der Waals surface area contributed by atoms with E-state index in [2.05, 4.69) is 27.7 Å². The van der Waals surface area contributed by atoms with Crippen molar-refractivity contribution in [3.05, 3.63) is 0 Å². The molecule has 0 radical (unpaired) electrons. The highest BCUT2D eigenvalue weighted by molar-refractivity contribution is 5.77. The van der Waals surface area contributed by atoms with Gasteiger partial charge in [-0.15, -0.1) is 0 Å². The number of hydrogen-bond donors (Lipinski definition) is 1. The summed E-state index contributed by atoms with van der Waals surface area (Å²) in [7, 11) is 0. The normalized spacial score (nSPS) is 19.1. The van der Waals surface area contributed by atoms with Crippen LogP contribution >= 0.6 is 0 Å². The van der Waals surface area contributed by atoms with E-state index in [-0.39, 0.29) is 12.1 Å². The van der Waals surface area contributed by atoms with Crippen LogP contribution in [0.5, 0.6) is 0 Å². The van der Waals surface area contributed by atoms with Gasteiger partial charge in [-0.2, -0.15) is 0 Å². The summed E-state index contributed by atoms with van der Waals surface area (Å²) in [4.78, 5) is 27.7. The monoisotopic (exact) mass is 298 g/mol. The molecule has 1 rings (SSSR count). The van der Waals surface area contributed by atoms with Crippen molar-refractivity contribution in [2.75, 3.05) is 19.6 Å². The smallest absolute Gasteiger partial charge is 0.320 e. The largest absolute Gasteiger partial charge is 0.481 e. The van der Waals surface area contributed by atoms with Gasteiger partial charge in [0, 0.05) is 25.7 Å². The summed E-state index contributed by atoms with van der Waals surface area (Å²) in [5.74, 6) is -0.787. The summed E-state index contributed by atoms with van der Waals surface area (Å²) in [6.07, 6.45) is 3.33. The number of piperidine rings is 1. The zero-order chi connectivity index (χ0) is 16.0. The molecule has 0 bridgehead atoms. The molecule has 0 unspecified atom stereocenters. The fourth-order valence-electron chi connectivity index (χ4n) is 3.04. The molecule has 1 saturated heterocycles. The number of aliphatic carboxylic acids is 1. The topological polar surface area (TPSA) is 60.9 Å². The Hall–Kier alpha value is -1.26. The number of carboxylic acid groups (broad SMARTS) is 1. The van der Waals surface area contributed by atoms with E-state index in [0.29, 0.717) is 25.4 Å². The van der Waals surface area contributed by atoms with Crippen LogP contribution in [0.2, 0.25) is 0 Å². The zero-order valence-corrected chi connectivity index (χ0v) is 13.8. The van der Waals surface area contributed by atoms with Gasteiger partial charge in [0.2, 0.25) is 0 Å². The quantitative estimate of drug-likeness (QED) is 0.820. The number of carboxylic acids is 1. The second-order valence-electron chi connectivity index (χ2n) is 6.42. The van der Waals surface area contributed by atoms with E-state index in [4.69, 9.17) is 0 Å². The molecule has 5 heteroatoms. The number of rotatable bonds is 6. The third-order valence-corrected chi connectivity index (χ3v) is 4.23. The van der Waals surface area contributed by atoms with Crippen molar-refractivity contribution in [1.29, 1.82) is 0 Å². The Balaban J connectivity index is 2.81. The fraction of sp³-hybridized carbons (Fsp3) is 0.875. The fourth-order valence-corrected chi connectivity index (χ4v) is 3.04. The minimum atomic E-state index is -0.787. The van der Waals surface area contributed by atoms with E-state index in [1.165, 1.54) is 0 Å². The lowest BCUT2D eigenvalue weighted by molar-refractivity contribution is -0.143. The highest BCUT2D eigenvalue weighted by Crippen LogP contribution is 2.21. The predicted octanol–water partition coefficient (Wildman–Crippen LogP) is 3.05. The average molecular weight is 298 g/mol. The molecule has 1 atom stereocenters. The summed E-state index contributed by atoms with van der Waals surface area (Å²) in [5, 5.41) is 9.17. The van der Waals surface area contributed by atoms with Crippen molar-refractivity contribution in [1.82, 2.24) is 9.80 Å². The minimum absolute atomic E-state index is 0.0170. The Morgan fingerprint density at radius 3 is 2.38 bits per heavy atom. The third kappa shape index (κ3) is 4.90. The number of carbonyl (C=O) groups is 2. The molecule has 1 aliphatic rings. The number of carbonyl (C=O) groups excluding carboxylic acids is 1. The van der Waals surface area contributed by atoms with Gasteiger partial charge in [0.15, 0.2) is 0 Å². The van der Waals surface area contributed by atoms with E-state index in [9.17, 15) is 14.7 Å². The predicted molar refractivity (Wildman–Crippen MR) is 83.2 cm³/mol. The Kier molecular flexibility index (Phi) is 6.99. The lowest BCUT2D eigenvalue weighted by atomic mass is 9.98. The molecule has 0 aliphatic carbocycles. The summed E-state index contributed by atoms with van der Waals surface area (Å²) < 4.78 is 0. The van der Waals surface area contributed by atoms with Crippen LogP contribution in [0.15, 0.2) is 0 Å². The van der Waals surface area contributed by atoms with Gasteiger partial charge in [0.05, 0.1) is 5.92 Å². The molecule has 0 aromatic rings. The summed E-state index contributed by atoms with van der Waals surface area (Å²) in [6.45, 7) is 10.2. The van der Waals surface area contributed by atoms with E-state index in [1.807, 2.05) is 4.90 Å². The molecule has 1 aliphatic heterocycles. The lowest BCUT2D eigenvalue weighted by Crippen LogP contribution is -2.52. The van der Waals surface area contributed by atoms with E-state index in [1.54, 1.807) is 4.90 Å². The molecule has 0 spiro atoms. The van der Waals surface area contributed by atoms with Gasteiger partial charge in [-0.25, -0.2) is 4.79 Å². The number of nitrogens with zero attached hydrogens (tertiary/aromatic N) is 2. The van der Waals surface area contributed by atoms with Crippen molar-refractivity contribution < 1.29 is 14.7 Å². The number of hydrogen-bond acceptors (Lipinski definition) is 2. The van der Waals surface area contributed by atoms with Gasteiger partial charge in [-0.05, 0) is 31.6 Å². The molecule has 21 heavy (non-hydrogen) atoms. The van der Waals surface area contributed by atoms with E-state index < -0.39 is 11.9 Å². The van der Waals surface area contributed by atoms with E-state index in [0.717, 1.165) is 25.8 Å². The van der Waals surface area contributed by atoms with Crippen LogP contribution < -0.4 is 0 Å². The van der Waals surface area contributed by atoms with Crippen molar-refractivity contribution in [3.8, 4) is 0 Å². The van der Waals surface area contributed by atoms with Crippen LogP contribution in [0.25, 0.3) is 0 Å². The van der Waals surface area contributed by atoms with Crippen LogP contribution in [0.1, 0.15) is 53.4 Å². The molecule has 0 aromatic heterocycles. The van der Waals surface area contributed by atoms with Crippen molar-refractivity contribution in [2.45, 2.75) is 59.4 Å². The second-order valence-corrected chi connectivity index (χ2v) is 6.42. The van der Waals surface area contributed by atoms with Crippen molar-refractivity contribution in [2.24, 2.45) is 11.8 Å². The van der Waals surface area contributed by atoms with Crippen molar-refractivity contribution in [3.63, 3.8) is 0 Å². The molecule has 1 fully saturated rings. The van der Waals surface area contributed by atoms with Gasteiger partial charge < -0.3 is 14.9 Å². The maximum atomic E-state index is 12.8. The zero-order valence-electron chi connectivity index (χ0n) is 13.8. The maximum absolute atomic E-state index is 12.8. The van der Waals surface area contributed by atoms with Gasteiger partial charge >= 0.3 is 12.0 Å². The van der Waals surface area contributed by atoms with Gasteiger partial charge in [-0.1, -0.05) is 27.7 Å².